The number of benzene rings is 1. The van der Waals surface area contributed by atoms with Gasteiger partial charge in [0.25, 0.3) is 0 Å². The molecule has 1 rings (SSSR count). The summed E-state index contributed by atoms with van der Waals surface area (Å²) < 4.78 is 4.66. The van der Waals surface area contributed by atoms with Crippen LogP contribution in [0.5, 0.6) is 0 Å². The zero-order chi connectivity index (χ0) is 16.0. The zero-order valence-corrected chi connectivity index (χ0v) is 13.5. The number of esters is 1. The molecule has 0 aliphatic rings. The molecule has 116 valence electrons. The molecule has 0 spiro atoms. The lowest BCUT2D eigenvalue weighted by Gasteiger charge is -2.19. The van der Waals surface area contributed by atoms with Crippen molar-refractivity contribution in [2.24, 2.45) is 5.92 Å². The molecule has 21 heavy (non-hydrogen) atoms. The summed E-state index contributed by atoms with van der Waals surface area (Å²) in [4.78, 5) is 25.0. The zero-order valence-electron chi connectivity index (χ0n) is 12.8. The van der Waals surface area contributed by atoms with Crippen LogP contribution in [-0.2, 0) is 14.3 Å². The van der Waals surface area contributed by atoms with Crippen LogP contribution < -0.4 is 5.32 Å². The minimum atomic E-state index is -0.288. The fourth-order valence-corrected chi connectivity index (χ4v) is 2.25. The maximum absolute atomic E-state index is 12.0. The maximum Gasteiger partial charge on any atom is 0.309 e. The summed E-state index contributed by atoms with van der Waals surface area (Å²) in [6.45, 7) is 4.31. The first-order valence-electron chi connectivity index (χ1n) is 6.66. The highest BCUT2D eigenvalue weighted by atomic mass is 35.5. The third kappa shape index (κ3) is 5.73. The number of halogens is 1. The predicted octanol–water partition coefficient (Wildman–Crippen LogP) is 2.33. The summed E-state index contributed by atoms with van der Waals surface area (Å²) >= 11 is 6.07. The number of carbonyl (C=O) groups is 2. The molecule has 0 fully saturated rings. The Morgan fingerprint density at radius 2 is 2.10 bits per heavy atom. The van der Waals surface area contributed by atoms with Gasteiger partial charge < -0.3 is 10.1 Å². The number of anilines is 1. The number of carbonyl (C=O) groups excluding carboxylic acids is 2. The molecule has 5 nitrogen and oxygen atoms in total. The number of amides is 1. The topological polar surface area (TPSA) is 58.6 Å². The van der Waals surface area contributed by atoms with Gasteiger partial charge in [-0.2, -0.15) is 0 Å². The number of ether oxygens (including phenoxy) is 1. The monoisotopic (exact) mass is 312 g/mol. The van der Waals surface area contributed by atoms with Crippen molar-refractivity contribution in [3.05, 3.63) is 28.8 Å². The Morgan fingerprint density at radius 1 is 1.43 bits per heavy atom. The number of hydrogen-bond donors (Lipinski definition) is 1. The smallest absolute Gasteiger partial charge is 0.309 e. The normalized spacial score (nSPS) is 12.1. The molecule has 0 saturated heterocycles. The van der Waals surface area contributed by atoms with Gasteiger partial charge in [0.15, 0.2) is 0 Å². The quantitative estimate of drug-likeness (QED) is 0.819. The van der Waals surface area contributed by atoms with E-state index in [2.05, 4.69) is 10.1 Å². The van der Waals surface area contributed by atoms with Crippen molar-refractivity contribution in [1.82, 2.24) is 4.90 Å². The van der Waals surface area contributed by atoms with Crippen molar-refractivity contribution in [3.8, 4) is 0 Å². The molecule has 0 aliphatic heterocycles. The first-order valence-corrected chi connectivity index (χ1v) is 7.03. The van der Waals surface area contributed by atoms with Crippen molar-refractivity contribution in [3.63, 3.8) is 0 Å². The van der Waals surface area contributed by atoms with Gasteiger partial charge in [0, 0.05) is 6.54 Å². The average molecular weight is 313 g/mol. The second-order valence-electron chi connectivity index (χ2n) is 5.15. The molecule has 1 unspecified atom stereocenters. The van der Waals surface area contributed by atoms with Gasteiger partial charge in [-0.15, -0.1) is 0 Å². The molecule has 6 heteroatoms. The van der Waals surface area contributed by atoms with Crippen LogP contribution >= 0.6 is 11.6 Å². The van der Waals surface area contributed by atoms with Gasteiger partial charge in [-0.1, -0.05) is 24.6 Å². The number of hydrogen-bond acceptors (Lipinski definition) is 4. The second kappa shape index (κ2) is 8.00. The minimum Gasteiger partial charge on any atom is -0.469 e. The summed E-state index contributed by atoms with van der Waals surface area (Å²) in [5.74, 6) is -0.750. The molecular weight excluding hydrogens is 292 g/mol. The van der Waals surface area contributed by atoms with Crippen molar-refractivity contribution >= 4 is 29.2 Å². The van der Waals surface area contributed by atoms with E-state index in [1.807, 2.05) is 13.0 Å². The molecule has 0 heterocycles. The van der Waals surface area contributed by atoms with Gasteiger partial charge >= 0.3 is 5.97 Å². The highest BCUT2D eigenvalue weighted by molar-refractivity contribution is 6.33. The third-order valence-electron chi connectivity index (χ3n) is 3.00. The van der Waals surface area contributed by atoms with Crippen LogP contribution in [0, 0.1) is 12.8 Å². The van der Waals surface area contributed by atoms with Crippen LogP contribution in [0.25, 0.3) is 0 Å². The van der Waals surface area contributed by atoms with Crippen molar-refractivity contribution in [2.75, 3.05) is 32.6 Å². The second-order valence-corrected chi connectivity index (χ2v) is 5.56. The highest BCUT2D eigenvalue weighted by Crippen LogP contribution is 2.22. The lowest BCUT2D eigenvalue weighted by molar-refractivity contribution is -0.145. The average Bonchev–Trinajstić information content (AvgIpc) is 2.40. The molecular formula is C15H21ClN2O3. The van der Waals surface area contributed by atoms with E-state index < -0.39 is 0 Å². The minimum absolute atomic E-state index is 0.172. The fraction of sp³-hybridized carbons (Fsp3) is 0.467. The van der Waals surface area contributed by atoms with E-state index in [0.29, 0.717) is 17.3 Å². The van der Waals surface area contributed by atoms with Gasteiger partial charge in [-0.3, -0.25) is 14.5 Å². The molecule has 1 atom stereocenters. The van der Waals surface area contributed by atoms with Crippen LogP contribution in [0.3, 0.4) is 0 Å². The van der Waals surface area contributed by atoms with E-state index in [1.165, 1.54) is 7.11 Å². The van der Waals surface area contributed by atoms with E-state index in [0.717, 1.165) is 5.56 Å². The van der Waals surface area contributed by atoms with Crippen molar-refractivity contribution in [2.45, 2.75) is 13.8 Å². The Kier molecular flexibility index (Phi) is 6.65. The summed E-state index contributed by atoms with van der Waals surface area (Å²) in [5.41, 5.74) is 1.61. The van der Waals surface area contributed by atoms with Crippen LogP contribution in [0.1, 0.15) is 12.5 Å². The van der Waals surface area contributed by atoms with Gasteiger partial charge in [0.1, 0.15) is 0 Å². The van der Waals surface area contributed by atoms with Crippen LogP contribution in [0.2, 0.25) is 5.02 Å². The highest BCUT2D eigenvalue weighted by Gasteiger charge is 2.17. The van der Waals surface area contributed by atoms with E-state index >= 15 is 0 Å². The van der Waals surface area contributed by atoms with E-state index in [4.69, 9.17) is 11.6 Å². The summed E-state index contributed by atoms with van der Waals surface area (Å²) in [7, 11) is 3.13. The predicted molar refractivity (Wildman–Crippen MR) is 83.5 cm³/mol. The molecule has 0 aromatic heterocycles. The lowest BCUT2D eigenvalue weighted by atomic mass is 10.2. The number of likely N-dealkylation sites (N-methyl/N-ethyl adjacent to an activating group) is 1. The number of methoxy groups -OCH3 is 1. The van der Waals surface area contributed by atoms with E-state index in [-0.39, 0.29) is 24.3 Å². The fourth-order valence-electron chi connectivity index (χ4n) is 1.96. The molecule has 0 saturated carbocycles. The SMILES string of the molecule is COC(=O)C(C)CN(C)CC(=O)Nc1ccc(C)cc1Cl. The standard InChI is InChI=1S/C15H21ClN2O3/c1-10-5-6-13(12(16)7-10)17-14(19)9-18(3)8-11(2)15(20)21-4/h5-7,11H,8-9H2,1-4H3,(H,17,19). The summed E-state index contributed by atoms with van der Waals surface area (Å²) in [6, 6.07) is 5.44. The molecule has 0 aliphatic carbocycles. The van der Waals surface area contributed by atoms with Crippen LogP contribution in [-0.4, -0.2) is 44.0 Å². The number of aryl methyl sites for hydroxylation is 1. The Bertz CT molecular complexity index is 520. The molecule has 1 amide bonds. The Labute approximate surface area is 130 Å². The molecule has 1 aromatic carbocycles. The molecule has 0 bridgehead atoms. The number of nitrogens with one attached hydrogen (secondary N) is 1. The number of nitrogens with zero attached hydrogens (tertiary/aromatic N) is 1. The largest absolute Gasteiger partial charge is 0.469 e. The number of rotatable bonds is 6. The van der Waals surface area contributed by atoms with Crippen LogP contribution in [0.4, 0.5) is 5.69 Å². The lowest BCUT2D eigenvalue weighted by Crippen LogP contribution is -2.35. The molecule has 0 radical (unpaired) electrons. The summed E-state index contributed by atoms with van der Waals surface area (Å²) in [6.07, 6.45) is 0. The van der Waals surface area contributed by atoms with Crippen molar-refractivity contribution < 1.29 is 14.3 Å². The van der Waals surface area contributed by atoms with E-state index in [9.17, 15) is 9.59 Å². The van der Waals surface area contributed by atoms with Gasteiger partial charge in [-0.25, -0.2) is 0 Å². The first-order chi connectivity index (χ1) is 9.83. The molecule has 1 aromatic rings. The maximum atomic E-state index is 12.0. The van der Waals surface area contributed by atoms with Gasteiger partial charge in [0.05, 0.1) is 30.3 Å². The summed E-state index contributed by atoms with van der Waals surface area (Å²) in [5, 5.41) is 3.26. The van der Waals surface area contributed by atoms with Gasteiger partial charge in [0.2, 0.25) is 5.91 Å². The molecule has 1 N–H and O–H groups in total. The van der Waals surface area contributed by atoms with Crippen LogP contribution in [0.15, 0.2) is 18.2 Å². The third-order valence-corrected chi connectivity index (χ3v) is 3.31. The Hall–Kier alpha value is -1.59. The van der Waals surface area contributed by atoms with E-state index in [1.54, 1.807) is 31.0 Å². The first kappa shape index (κ1) is 17.5. The van der Waals surface area contributed by atoms with Gasteiger partial charge in [-0.05, 0) is 31.7 Å². The Morgan fingerprint density at radius 3 is 2.67 bits per heavy atom. The Balaban J connectivity index is 2.51. The van der Waals surface area contributed by atoms with Crippen molar-refractivity contribution in [1.29, 1.82) is 0 Å².